The maximum Gasteiger partial charge on any atom is 0.246 e. The lowest BCUT2D eigenvalue weighted by atomic mass is 10.0. The average molecular weight is 388 g/mol. The summed E-state index contributed by atoms with van der Waals surface area (Å²) in [5, 5.41) is 0. The molecule has 1 aliphatic heterocycles. The Morgan fingerprint density at radius 1 is 1.07 bits per heavy atom. The normalized spacial score (nSPS) is 16.8. The predicted molar refractivity (Wildman–Crippen MR) is 112 cm³/mol. The van der Waals surface area contributed by atoms with Gasteiger partial charge in [-0.3, -0.25) is 9.59 Å². The zero-order valence-corrected chi connectivity index (χ0v) is 16.3. The first kappa shape index (κ1) is 18.9. The van der Waals surface area contributed by atoms with Crippen molar-refractivity contribution >= 4 is 22.8 Å². The minimum atomic E-state index is -0.0846. The summed E-state index contributed by atoms with van der Waals surface area (Å²) < 4.78 is 1.88. The van der Waals surface area contributed by atoms with Crippen LogP contribution < -0.4 is 0 Å². The lowest BCUT2D eigenvalue weighted by Crippen LogP contribution is -2.57. The van der Waals surface area contributed by atoms with Crippen LogP contribution in [0.15, 0.2) is 73.6 Å². The van der Waals surface area contributed by atoms with Gasteiger partial charge in [0.05, 0.1) is 23.4 Å². The molecule has 0 saturated carbocycles. The first-order valence-electron chi connectivity index (χ1n) is 9.80. The first-order chi connectivity index (χ1) is 14.2. The highest BCUT2D eigenvalue weighted by Crippen LogP contribution is 2.17. The van der Waals surface area contributed by atoms with Crippen molar-refractivity contribution in [3.8, 4) is 0 Å². The average Bonchev–Trinajstić information content (AvgIpc) is 3.17. The largest absolute Gasteiger partial charge is 0.337 e. The number of carbonyl (C=O) groups is 2. The summed E-state index contributed by atoms with van der Waals surface area (Å²) >= 11 is 0. The Labute approximate surface area is 170 Å². The summed E-state index contributed by atoms with van der Waals surface area (Å²) in [6.45, 7) is 5.42. The fourth-order valence-electron chi connectivity index (χ4n) is 3.93. The predicted octanol–water partition coefficient (Wildman–Crippen LogP) is 2.50. The SMILES string of the molecule is C=CC(=O)N1CCN(C(=O)Cn2cnc3ccccc32)C[C@@H]1Cc1ccccc1. The topological polar surface area (TPSA) is 58.4 Å². The molecule has 6 heteroatoms. The van der Waals surface area contributed by atoms with E-state index in [0.29, 0.717) is 26.1 Å². The van der Waals surface area contributed by atoms with E-state index in [1.165, 1.54) is 6.08 Å². The monoisotopic (exact) mass is 388 g/mol. The van der Waals surface area contributed by atoms with Crippen LogP contribution in [0.5, 0.6) is 0 Å². The number of carbonyl (C=O) groups excluding carboxylic acids is 2. The van der Waals surface area contributed by atoms with Crippen molar-refractivity contribution in [1.82, 2.24) is 19.4 Å². The molecule has 1 atom stereocenters. The third kappa shape index (κ3) is 4.06. The van der Waals surface area contributed by atoms with E-state index in [4.69, 9.17) is 0 Å². The summed E-state index contributed by atoms with van der Waals surface area (Å²) in [5.74, 6) is -0.0458. The number of hydrogen-bond acceptors (Lipinski definition) is 3. The fourth-order valence-corrected chi connectivity index (χ4v) is 3.93. The van der Waals surface area contributed by atoms with Gasteiger partial charge < -0.3 is 14.4 Å². The van der Waals surface area contributed by atoms with E-state index < -0.39 is 0 Å². The van der Waals surface area contributed by atoms with Crippen molar-refractivity contribution in [3.63, 3.8) is 0 Å². The van der Waals surface area contributed by atoms with Gasteiger partial charge in [0, 0.05) is 19.6 Å². The molecular weight excluding hydrogens is 364 g/mol. The molecule has 2 aromatic carbocycles. The van der Waals surface area contributed by atoms with Gasteiger partial charge >= 0.3 is 0 Å². The maximum absolute atomic E-state index is 13.0. The molecule has 0 bridgehead atoms. The molecule has 1 aliphatic rings. The second-order valence-corrected chi connectivity index (χ2v) is 7.28. The summed E-state index contributed by atoms with van der Waals surface area (Å²) in [6, 6.07) is 17.8. The number of amides is 2. The van der Waals surface area contributed by atoms with Gasteiger partial charge in [-0.25, -0.2) is 4.98 Å². The standard InChI is InChI=1S/C23H24N4O2/c1-2-22(28)27-13-12-25(15-19(27)14-18-8-4-3-5-9-18)23(29)16-26-17-24-20-10-6-7-11-21(20)26/h2-11,17,19H,1,12-16H2/t19-/m0/s1. The van der Waals surface area contributed by atoms with Crippen molar-refractivity contribution in [2.75, 3.05) is 19.6 Å². The van der Waals surface area contributed by atoms with E-state index in [1.54, 1.807) is 6.33 Å². The zero-order valence-electron chi connectivity index (χ0n) is 16.3. The molecular formula is C23H24N4O2. The number of benzene rings is 2. The van der Waals surface area contributed by atoms with E-state index in [9.17, 15) is 9.59 Å². The molecule has 1 saturated heterocycles. The number of piperazine rings is 1. The van der Waals surface area contributed by atoms with Crippen molar-refractivity contribution < 1.29 is 9.59 Å². The molecule has 2 amide bonds. The summed E-state index contributed by atoms with van der Waals surface area (Å²) in [7, 11) is 0. The number of imidazole rings is 1. The Balaban J connectivity index is 1.50. The lowest BCUT2D eigenvalue weighted by Gasteiger charge is -2.41. The van der Waals surface area contributed by atoms with E-state index in [-0.39, 0.29) is 24.4 Å². The molecule has 1 aromatic heterocycles. The molecule has 2 heterocycles. The van der Waals surface area contributed by atoms with Gasteiger partial charge in [0.25, 0.3) is 0 Å². The molecule has 1 fully saturated rings. The van der Waals surface area contributed by atoms with Crippen LogP contribution in [-0.2, 0) is 22.6 Å². The molecule has 0 N–H and O–H groups in total. The molecule has 0 spiro atoms. The summed E-state index contributed by atoms with van der Waals surface area (Å²) in [5.41, 5.74) is 2.97. The number of aromatic nitrogens is 2. The van der Waals surface area contributed by atoms with Gasteiger partial charge in [0.15, 0.2) is 0 Å². The smallest absolute Gasteiger partial charge is 0.246 e. The van der Waals surface area contributed by atoms with Crippen molar-refractivity contribution in [2.45, 2.75) is 19.0 Å². The second kappa shape index (κ2) is 8.31. The van der Waals surface area contributed by atoms with Crippen LogP contribution in [0.4, 0.5) is 0 Å². The zero-order chi connectivity index (χ0) is 20.2. The third-order valence-corrected chi connectivity index (χ3v) is 5.44. The number of rotatable bonds is 5. The Morgan fingerprint density at radius 2 is 1.83 bits per heavy atom. The van der Waals surface area contributed by atoms with Crippen LogP contribution in [0, 0.1) is 0 Å². The highest BCUT2D eigenvalue weighted by Gasteiger charge is 2.31. The van der Waals surface area contributed by atoms with Crippen LogP contribution in [0.1, 0.15) is 5.56 Å². The summed E-state index contributed by atoms with van der Waals surface area (Å²) in [4.78, 5) is 33.4. The second-order valence-electron chi connectivity index (χ2n) is 7.28. The molecule has 29 heavy (non-hydrogen) atoms. The quantitative estimate of drug-likeness (QED) is 0.631. The molecule has 0 unspecified atom stereocenters. The highest BCUT2D eigenvalue weighted by molar-refractivity contribution is 5.87. The Morgan fingerprint density at radius 3 is 2.62 bits per heavy atom. The third-order valence-electron chi connectivity index (χ3n) is 5.44. The Hall–Kier alpha value is -3.41. The molecule has 0 aliphatic carbocycles. The van der Waals surface area contributed by atoms with Crippen LogP contribution in [-0.4, -0.2) is 56.8 Å². The molecule has 148 valence electrons. The van der Waals surface area contributed by atoms with Gasteiger partial charge in [-0.2, -0.15) is 0 Å². The van der Waals surface area contributed by atoms with Gasteiger partial charge in [-0.15, -0.1) is 0 Å². The van der Waals surface area contributed by atoms with Crippen molar-refractivity contribution in [1.29, 1.82) is 0 Å². The minimum absolute atomic E-state index is 0.0388. The fraction of sp³-hybridized carbons (Fsp3) is 0.261. The van der Waals surface area contributed by atoms with Crippen molar-refractivity contribution in [2.24, 2.45) is 0 Å². The maximum atomic E-state index is 13.0. The Kier molecular flexibility index (Phi) is 5.42. The van der Waals surface area contributed by atoms with E-state index in [1.807, 2.05) is 56.8 Å². The number of hydrogen-bond donors (Lipinski definition) is 0. The van der Waals surface area contributed by atoms with Crippen LogP contribution in [0.3, 0.4) is 0 Å². The number of fused-ring (bicyclic) bond motifs is 1. The van der Waals surface area contributed by atoms with E-state index >= 15 is 0 Å². The lowest BCUT2D eigenvalue weighted by molar-refractivity contribution is -0.140. The number of para-hydroxylation sites is 2. The van der Waals surface area contributed by atoms with Crippen LogP contribution in [0.2, 0.25) is 0 Å². The van der Waals surface area contributed by atoms with Gasteiger partial charge in [0.1, 0.15) is 6.54 Å². The summed E-state index contributed by atoms with van der Waals surface area (Å²) in [6.07, 6.45) is 3.77. The van der Waals surface area contributed by atoms with E-state index in [2.05, 4.69) is 23.7 Å². The van der Waals surface area contributed by atoms with E-state index in [0.717, 1.165) is 16.6 Å². The van der Waals surface area contributed by atoms with Crippen LogP contribution >= 0.6 is 0 Å². The molecule has 3 aromatic rings. The number of nitrogens with zero attached hydrogens (tertiary/aromatic N) is 4. The Bertz CT molecular complexity index is 1030. The molecule has 4 rings (SSSR count). The van der Waals surface area contributed by atoms with Gasteiger partial charge in [-0.05, 0) is 30.2 Å². The van der Waals surface area contributed by atoms with Crippen LogP contribution in [0.25, 0.3) is 11.0 Å². The van der Waals surface area contributed by atoms with Gasteiger partial charge in [0.2, 0.25) is 11.8 Å². The first-order valence-corrected chi connectivity index (χ1v) is 9.80. The molecule has 0 radical (unpaired) electrons. The van der Waals surface area contributed by atoms with Gasteiger partial charge in [-0.1, -0.05) is 49.0 Å². The molecule has 6 nitrogen and oxygen atoms in total. The highest BCUT2D eigenvalue weighted by atomic mass is 16.2. The minimum Gasteiger partial charge on any atom is -0.337 e. The van der Waals surface area contributed by atoms with Crippen molar-refractivity contribution in [3.05, 3.63) is 79.1 Å².